The maximum absolute atomic E-state index is 11.9. The molecule has 2 N–H and O–H groups in total. The van der Waals surface area contributed by atoms with Crippen LogP contribution in [0.2, 0.25) is 0 Å². The van der Waals surface area contributed by atoms with Crippen molar-refractivity contribution in [2.45, 2.75) is 12.8 Å². The van der Waals surface area contributed by atoms with Gasteiger partial charge in [-0.05, 0) is 6.07 Å². The van der Waals surface area contributed by atoms with Crippen LogP contribution < -0.4 is 5.32 Å². The molecule has 96 valence electrons. The van der Waals surface area contributed by atoms with E-state index in [2.05, 4.69) is 22.1 Å². The lowest BCUT2D eigenvalue weighted by atomic mass is 10.2. The van der Waals surface area contributed by atoms with Gasteiger partial charge in [-0.15, -0.1) is 0 Å². The number of alkyl halides is 2. The number of aliphatic hydroxyl groups excluding tert-OH is 1. The van der Waals surface area contributed by atoms with Gasteiger partial charge in [-0.3, -0.25) is 9.78 Å². The normalized spacial score (nSPS) is 9.78. The molecule has 0 saturated carbocycles. The first-order valence-corrected chi connectivity index (χ1v) is 5.24. The molecule has 6 heteroatoms. The van der Waals surface area contributed by atoms with Gasteiger partial charge in [-0.2, -0.15) is 0 Å². The molecule has 0 unspecified atom stereocenters. The predicted octanol–water partition coefficient (Wildman–Crippen LogP) is 0.810. The lowest BCUT2D eigenvalue weighted by Gasteiger charge is -2.03. The molecule has 1 heterocycles. The number of pyridine rings is 1. The zero-order valence-electron chi connectivity index (χ0n) is 9.49. The fraction of sp³-hybridized carbons (Fsp3) is 0.333. The Morgan fingerprint density at radius 1 is 1.50 bits per heavy atom. The third-order valence-corrected chi connectivity index (χ3v) is 1.89. The van der Waals surface area contributed by atoms with Crippen molar-refractivity contribution in [3.63, 3.8) is 0 Å². The van der Waals surface area contributed by atoms with Crippen LogP contribution in [-0.4, -0.2) is 35.6 Å². The minimum atomic E-state index is -2.59. The first kappa shape index (κ1) is 14.1. The van der Waals surface area contributed by atoms with Crippen LogP contribution in [0.25, 0.3) is 0 Å². The molecule has 18 heavy (non-hydrogen) atoms. The molecule has 1 aromatic rings. The van der Waals surface area contributed by atoms with E-state index in [1.54, 1.807) is 0 Å². The average molecular weight is 254 g/mol. The highest BCUT2D eigenvalue weighted by molar-refractivity contribution is 5.94. The summed E-state index contributed by atoms with van der Waals surface area (Å²) in [5.41, 5.74) is 0.666. The Morgan fingerprint density at radius 3 is 2.94 bits per heavy atom. The summed E-state index contributed by atoms with van der Waals surface area (Å²) in [6.45, 7) is -0.742. The second-order valence-electron chi connectivity index (χ2n) is 3.34. The van der Waals surface area contributed by atoms with Crippen molar-refractivity contribution in [1.29, 1.82) is 0 Å². The van der Waals surface area contributed by atoms with Gasteiger partial charge < -0.3 is 10.4 Å². The second kappa shape index (κ2) is 7.35. The zero-order valence-corrected chi connectivity index (χ0v) is 9.49. The first-order chi connectivity index (χ1) is 8.63. The number of carbonyl (C=O) groups excluding carboxylic acids is 1. The maximum atomic E-state index is 11.9. The van der Waals surface area contributed by atoms with E-state index in [1.165, 1.54) is 18.5 Å². The van der Waals surface area contributed by atoms with Crippen molar-refractivity contribution in [3.8, 4) is 11.8 Å². The van der Waals surface area contributed by atoms with Crippen molar-refractivity contribution < 1.29 is 18.7 Å². The molecule has 1 aromatic heterocycles. The number of rotatable bonds is 4. The summed E-state index contributed by atoms with van der Waals surface area (Å²) in [5.74, 6) is 4.76. The number of hydrogen-bond acceptors (Lipinski definition) is 3. The van der Waals surface area contributed by atoms with Gasteiger partial charge in [0.25, 0.3) is 12.3 Å². The Labute approximate surface area is 103 Å². The van der Waals surface area contributed by atoms with Crippen LogP contribution in [0.1, 0.15) is 22.3 Å². The number of nitrogens with zero attached hydrogens (tertiary/aromatic N) is 1. The zero-order chi connectivity index (χ0) is 13.4. The van der Waals surface area contributed by atoms with E-state index in [1.807, 2.05) is 0 Å². The van der Waals surface area contributed by atoms with Crippen LogP contribution in [0.3, 0.4) is 0 Å². The van der Waals surface area contributed by atoms with Crippen molar-refractivity contribution >= 4 is 5.91 Å². The second-order valence-corrected chi connectivity index (χ2v) is 3.34. The Kier molecular flexibility index (Phi) is 5.74. The molecule has 0 fully saturated rings. The number of hydrogen-bond donors (Lipinski definition) is 2. The van der Waals surface area contributed by atoms with Gasteiger partial charge in [0, 0.05) is 24.4 Å². The third kappa shape index (κ3) is 4.89. The predicted molar refractivity (Wildman–Crippen MR) is 61.2 cm³/mol. The van der Waals surface area contributed by atoms with E-state index >= 15 is 0 Å². The highest BCUT2D eigenvalue weighted by atomic mass is 19.3. The molecular weight excluding hydrogens is 242 g/mol. The van der Waals surface area contributed by atoms with Crippen molar-refractivity contribution in [3.05, 3.63) is 29.6 Å². The Balaban J connectivity index is 2.70. The SMILES string of the molecule is O=C(NCC(F)F)c1cncc(C#CCCO)c1. The average Bonchev–Trinajstić information content (AvgIpc) is 2.36. The monoisotopic (exact) mass is 254 g/mol. The smallest absolute Gasteiger partial charge is 0.255 e. The van der Waals surface area contributed by atoms with Gasteiger partial charge in [-0.1, -0.05) is 11.8 Å². The van der Waals surface area contributed by atoms with E-state index in [0.717, 1.165) is 0 Å². The van der Waals surface area contributed by atoms with Crippen LogP contribution in [0.5, 0.6) is 0 Å². The molecule has 0 aliphatic rings. The fourth-order valence-electron chi connectivity index (χ4n) is 1.12. The molecule has 0 bridgehead atoms. The summed E-state index contributed by atoms with van der Waals surface area (Å²) in [4.78, 5) is 15.3. The number of amides is 1. The largest absolute Gasteiger partial charge is 0.395 e. The van der Waals surface area contributed by atoms with Crippen molar-refractivity contribution in [1.82, 2.24) is 10.3 Å². The standard InChI is InChI=1S/C12H12F2N2O2/c13-11(14)8-16-12(18)10-5-9(6-15-7-10)3-1-2-4-17/h5-7,11,17H,2,4,8H2,(H,16,18). The molecule has 0 atom stereocenters. The summed E-state index contributed by atoms with van der Waals surface area (Å²) in [6.07, 6.45) is 0.461. The highest BCUT2D eigenvalue weighted by Crippen LogP contribution is 2.02. The maximum Gasteiger partial charge on any atom is 0.255 e. The molecule has 0 aliphatic heterocycles. The summed E-state index contributed by atoms with van der Waals surface area (Å²) in [7, 11) is 0. The van der Waals surface area contributed by atoms with E-state index in [0.29, 0.717) is 12.0 Å². The number of aromatic nitrogens is 1. The molecule has 1 rings (SSSR count). The van der Waals surface area contributed by atoms with E-state index in [-0.39, 0.29) is 12.2 Å². The number of nitrogens with one attached hydrogen (secondary N) is 1. The Morgan fingerprint density at radius 2 is 2.28 bits per heavy atom. The highest BCUT2D eigenvalue weighted by Gasteiger charge is 2.09. The summed E-state index contributed by atoms with van der Waals surface area (Å²) in [5, 5.41) is 10.6. The summed E-state index contributed by atoms with van der Waals surface area (Å²) in [6, 6.07) is 1.46. The first-order valence-electron chi connectivity index (χ1n) is 5.24. The summed E-state index contributed by atoms with van der Waals surface area (Å²) < 4.78 is 23.8. The van der Waals surface area contributed by atoms with Gasteiger partial charge in [0.1, 0.15) is 0 Å². The van der Waals surface area contributed by atoms with Crippen LogP contribution in [0, 0.1) is 11.8 Å². The quantitative estimate of drug-likeness (QED) is 0.782. The van der Waals surface area contributed by atoms with Crippen LogP contribution >= 0.6 is 0 Å². The van der Waals surface area contributed by atoms with E-state index in [9.17, 15) is 13.6 Å². The van der Waals surface area contributed by atoms with Gasteiger partial charge >= 0.3 is 0 Å². The molecule has 0 saturated heterocycles. The third-order valence-electron chi connectivity index (χ3n) is 1.89. The van der Waals surface area contributed by atoms with Gasteiger partial charge in [0.05, 0.1) is 18.7 Å². The fourth-order valence-corrected chi connectivity index (χ4v) is 1.12. The Bertz CT molecular complexity index is 467. The molecule has 0 spiro atoms. The number of halogens is 2. The van der Waals surface area contributed by atoms with Crippen molar-refractivity contribution in [2.24, 2.45) is 0 Å². The van der Waals surface area contributed by atoms with Crippen LogP contribution in [-0.2, 0) is 0 Å². The number of carbonyl (C=O) groups is 1. The van der Waals surface area contributed by atoms with E-state index < -0.39 is 18.9 Å². The molecule has 0 aromatic carbocycles. The molecular formula is C12H12F2N2O2. The number of aliphatic hydroxyl groups is 1. The molecule has 0 aliphatic carbocycles. The summed E-state index contributed by atoms with van der Waals surface area (Å²) >= 11 is 0. The molecule has 1 amide bonds. The lowest BCUT2D eigenvalue weighted by Crippen LogP contribution is -2.28. The van der Waals surface area contributed by atoms with Gasteiger partial charge in [0.15, 0.2) is 0 Å². The molecule has 4 nitrogen and oxygen atoms in total. The Hall–Kier alpha value is -2.00. The minimum Gasteiger partial charge on any atom is -0.395 e. The van der Waals surface area contributed by atoms with Crippen molar-refractivity contribution in [2.75, 3.05) is 13.2 Å². The van der Waals surface area contributed by atoms with Gasteiger partial charge in [0.2, 0.25) is 0 Å². The lowest BCUT2D eigenvalue weighted by molar-refractivity contribution is 0.0891. The van der Waals surface area contributed by atoms with Crippen LogP contribution in [0.15, 0.2) is 18.5 Å². The van der Waals surface area contributed by atoms with Gasteiger partial charge in [-0.25, -0.2) is 8.78 Å². The minimum absolute atomic E-state index is 0.0466. The van der Waals surface area contributed by atoms with Crippen LogP contribution in [0.4, 0.5) is 8.78 Å². The van der Waals surface area contributed by atoms with E-state index in [4.69, 9.17) is 5.11 Å². The molecule has 0 radical (unpaired) electrons. The topological polar surface area (TPSA) is 62.2 Å².